The van der Waals surface area contributed by atoms with Gasteiger partial charge < -0.3 is 4.90 Å². The first kappa shape index (κ1) is 15.9. The van der Waals surface area contributed by atoms with Crippen molar-refractivity contribution in [2.24, 2.45) is 0 Å². The fourth-order valence-electron chi connectivity index (χ4n) is 2.69. The van der Waals surface area contributed by atoms with Crippen molar-refractivity contribution in [1.29, 1.82) is 5.26 Å². The number of anilines is 1. The molecule has 1 aliphatic heterocycles. The Hall–Kier alpha value is -1.97. The summed E-state index contributed by atoms with van der Waals surface area (Å²) in [6.07, 6.45) is 1.60. The summed E-state index contributed by atoms with van der Waals surface area (Å²) in [6.45, 7) is 4.00. The van der Waals surface area contributed by atoms with Crippen molar-refractivity contribution in [3.05, 3.63) is 57.9 Å². The van der Waals surface area contributed by atoms with Gasteiger partial charge in [-0.3, -0.25) is 4.90 Å². The third-order valence-corrected chi connectivity index (χ3v) is 4.61. The van der Waals surface area contributed by atoms with E-state index < -0.39 is 0 Å². The fourth-order valence-corrected chi connectivity index (χ4v) is 3.09. The van der Waals surface area contributed by atoms with Gasteiger partial charge in [0.1, 0.15) is 17.7 Å². The lowest BCUT2D eigenvalue weighted by atomic mass is 10.2. The maximum atomic E-state index is 14.0. The highest BCUT2D eigenvalue weighted by Crippen LogP contribution is 2.21. The number of halogens is 2. The van der Waals surface area contributed by atoms with Crippen molar-refractivity contribution in [3.63, 3.8) is 0 Å². The summed E-state index contributed by atoms with van der Waals surface area (Å²) in [7, 11) is 0. The summed E-state index contributed by atoms with van der Waals surface area (Å²) in [6, 6.07) is 11.1. The largest absolute Gasteiger partial charge is 0.354 e. The van der Waals surface area contributed by atoms with E-state index in [4.69, 9.17) is 5.26 Å². The Morgan fingerprint density at radius 2 is 1.96 bits per heavy atom. The molecule has 6 heteroatoms. The molecular formula is C17H16BrFN4. The van der Waals surface area contributed by atoms with Crippen LogP contribution in [0.2, 0.25) is 0 Å². The zero-order valence-corrected chi connectivity index (χ0v) is 14.1. The normalized spacial score (nSPS) is 15.4. The topological polar surface area (TPSA) is 43.2 Å². The van der Waals surface area contributed by atoms with Gasteiger partial charge >= 0.3 is 0 Å². The third-order valence-electron chi connectivity index (χ3n) is 4.00. The van der Waals surface area contributed by atoms with Crippen LogP contribution in [0.3, 0.4) is 0 Å². The van der Waals surface area contributed by atoms with Gasteiger partial charge in [0, 0.05) is 44.5 Å². The average Bonchev–Trinajstić information content (AvgIpc) is 2.60. The molecular weight excluding hydrogens is 359 g/mol. The molecule has 2 aromatic rings. The van der Waals surface area contributed by atoms with Gasteiger partial charge in [0.15, 0.2) is 0 Å². The van der Waals surface area contributed by atoms with E-state index in [-0.39, 0.29) is 5.82 Å². The van der Waals surface area contributed by atoms with E-state index in [1.165, 1.54) is 0 Å². The van der Waals surface area contributed by atoms with E-state index in [0.717, 1.165) is 32.0 Å². The minimum atomic E-state index is -0.177. The van der Waals surface area contributed by atoms with Crippen molar-refractivity contribution in [2.75, 3.05) is 31.1 Å². The minimum Gasteiger partial charge on any atom is -0.354 e. The highest BCUT2D eigenvalue weighted by Gasteiger charge is 2.19. The number of nitrogens with zero attached hydrogens (tertiary/aromatic N) is 4. The monoisotopic (exact) mass is 374 g/mol. The lowest BCUT2D eigenvalue weighted by Gasteiger charge is -2.35. The molecule has 0 radical (unpaired) electrons. The molecule has 0 saturated carbocycles. The maximum absolute atomic E-state index is 14.0. The van der Waals surface area contributed by atoms with E-state index in [0.29, 0.717) is 22.1 Å². The Labute approximate surface area is 143 Å². The van der Waals surface area contributed by atoms with E-state index in [9.17, 15) is 4.39 Å². The minimum absolute atomic E-state index is 0.177. The molecule has 4 nitrogen and oxygen atoms in total. The summed E-state index contributed by atoms with van der Waals surface area (Å²) >= 11 is 3.23. The van der Waals surface area contributed by atoms with Crippen LogP contribution in [0.25, 0.3) is 0 Å². The van der Waals surface area contributed by atoms with Crippen LogP contribution in [0.1, 0.15) is 11.1 Å². The number of pyridine rings is 1. The molecule has 0 amide bonds. The number of piperazine rings is 1. The van der Waals surface area contributed by atoms with Crippen LogP contribution in [0.5, 0.6) is 0 Å². The molecule has 118 valence electrons. The molecule has 1 saturated heterocycles. The predicted octanol–water partition coefficient (Wildman–Crippen LogP) is 3.18. The summed E-state index contributed by atoms with van der Waals surface area (Å²) in [5.74, 6) is 0.709. The van der Waals surface area contributed by atoms with Crippen molar-refractivity contribution in [2.45, 2.75) is 6.54 Å². The second kappa shape index (κ2) is 7.07. The number of aromatic nitrogens is 1. The van der Waals surface area contributed by atoms with Crippen molar-refractivity contribution in [3.8, 4) is 6.07 Å². The van der Waals surface area contributed by atoms with Crippen LogP contribution >= 0.6 is 15.9 Å². The van der Waals surface area contributed by atoms with Crippen LogP contribution in [0.4, 0.5) is 10.2 Å². The van der Waals surface area contributed by atoms with Gasteiger partial charge in [0.2, 0.25) is 0 Å². The molecule has 0 spiro atoms. The van der Waals surface area contributed by atoms with Gasteiger partial charge in [-0.1, -0.05) is 12.1 Å². The first-order chi connectivity index (χ1) is 11.2. The van der Waals surface area contributed by atoms with Crippen molar-refractivity contribution in [1.82, 2.24) is 9.88 Å². The molecule has 0 N–H and O–H groups in total. The highest BCUT2D eigenvalue weighted by molar-refractivity contribution is 9.10. The molecule has 1 aliphatic rings. The van der Waals surface area contributed by atoms with Gasteiger partial charge in [-0.2, -0.15) is 5.26 Å². The second-order valence-electron chi connectivity index (χ2n) is 5.49. The molecule has 0 unspecified atom stereocenters. The Morgan fingerprint density at radius 3 is 2.61 bits per heavy atom. The first-order valence-corrected chi connectivity index (χ1v) is 8.23. The van der Waals surface area contributed by atoms with E-state index in [2.05, 4.69) is 36.8 Å². The molecule has 2 heterocycles. The van der Waals surface area contributed by atoms with Gasteiger partial charge in [-0.15, -0.1) is 0 Å². The predicted molar refractivity (Wildman–Crippen MR) is 90.5 cm³/mol. The quantitative estimate of drug-likeness (QED) is 0.827. The lowest BCUT2D eigenvalue weighted by molar-refractivity contribution is 0.246. The van der Waals surface area contributed by atoms with Crippen LogP contribution in [-0.2, 0) is 6.54 Å². The third kappa shape index (κ3) is 3.69. The molecule has 1 aromatic heterocycles. The van der Waals surface area contributed by atoms with E-state index in [1.807, 2.05) is 18.2 Å². The van der Waals surface area contributed by atoms with Crippen molar-refractivity contribution >= 4 is 21.7 Å². The number of hydrogen-bond donors (Lipinski definition) is 0. The van der Waals surface area contributed by atoms with Gasteiger partial charge in [-0.05, 0) is 34.1 Å². The molecule has 1 aromatic carbocycles. The summed E-state index contributed by atoms with van der Waals surface area (Å²) in [5, 5.41) is 8.81. The van der Waals surface area contributed by atoms with Gasteiger partial charge in [-0.25, -0.2) is 9.37 Å². The molecule has 1 fully saturated rings. The van der Waals surface area contributed by atoms with Gasteiger partial charge in [0.25, 0.3) is 0 Å². The number of rotatable bonds is 3. The summed E-state index contributed by atoms with van der Waals surface area (Å²) in [5.41, 5.74) is 1.28. The summed E-state index contributed by atoms with van der Waals surface area (Å²) < 4.78 is 14.6. The van der Waals surface area contributed by atoms with Crippen LogP contribution in [0.15, 0.2) is 41.0 Å². The van der Waals surface area contributed by atoms with E-state index >= 15 is 0 Å². The van der Waals surface area contributed by atoms with Crippen LogP contribution in [-0.4, -0.2) is 36.1 Å². The zero-order chi connectivity index (χ0) is 16.2. The van der Waals surface area contributed by atoms with Crippen LogP contribution in [0, 0.1) is 17.1 Å². The fraction of sp³-hybridized carbons (Fsp3) is 0.294. The SMILES string of the molecule is N#Cc1ccc(N2CCN(Cc3cccc(Br)c3F)CC2)nc1. The van der Waals surface area contributed by atoms with Crippen LogP contribution < -0.4 is 4.90 Å². The zero-order valence-electron chi connectivity index (χ0n) is 12.5. The molecule has 23 heavy (non-hydrogen) atoms. The van der Waals surface area contributed by atoms with E-state index in [1.54, 1.807) is 18.3 Å². The molecule has 3 rings (SSSR count). The molecule has 0 aliphatic carbocycles. The first-order valence-electron chi connectivity index (χ1n) is 7.44. The number of hydrogen-bond acceptors (Lipinski definition) is 4. The second-order valence-corrected chi connectivity index (χ2v) is 6.35. The highest BCUT2D eigenvalue weighted by atomic mass is 79.9. The number of benzene rings is 1. The smallest absolute Gasteiger partial charge is 0.141 e. The molecule has 0 bridgehead atoms. The Balaban J connectivity index is 1.60. The molecule has 0 atom stereocenters. The Bertz CT molecular complexity index is 718. The summed E-state index contributed by atoms with van der Waals surface area (Å²) in [4.78, 5) is 8.76. The lowest BCUT2D eigenvalue weighted by Crippen LogP contribution is -2.46. The standard InChI is InChI=1S/C17H16BrFN4/c18-15-3-1-2-14(17(15)19)12-22-6-8-23(9-7-22)16-5-4-13(10-20)11-21-16/h1-5,11H,6-9,12H2. The van der Waals surface area contributed by atoms with Crippen molar-refractivity contribution < 1.29 is 4.39 Å². The Kier molecular flexibility index (Phi) is 4.89. The van der Waals surface area contributed by atoms with Gasteiger partial charge in [0.05, 0.1) is 10.0 Å². The Morgan fingerprint density at radius 1 is 1.17 bits per heavy atom. The maximum Gasteiger partial charge on any atom is 0.141 e. The average molecular weight is 375 g/mol. The number of nitriles is 1.